The van der Waals surface area contributed by atoms with E-state index < -0.39 is 0 Å². The van der Waals surface area contributed by atoms with Crippen molar-refractivity contribution in [1.82, 2.24) is 25.4 Å². The molecular formula is C24H33IN6O2. The molecule has 8 nitrogen and oxygen atoms in total. The van der Waals surface area contributed by atoms with Crippen LogP contribution in [0, 0.1) is 13.8 Å². The molecule has 9 heteroatoms. The standard InChI is InChI=1S/C24H32N6O2.HI/c1-18-5-9-22(10-6-18)32-16-15-26-24(27-17-23-29-28-19(2)30(23)3)25-14-13-20-7-11-21(31-4)12-8-20;/h5-12H,13-17H2,1-4H3,(H2,25,26,27);1H. The van der Waals surface area contributed by atoms with Crippen LogP contribution in [0.5, 0.6) is 11.5 Å². The molecule has 2 N–H and O–H groups in total. The highest BCUT2D eigenvalue weighted by Gasteiger charge is 2.06. The first-order valence-corrected chi connectivity index (χ1v) is 10.7. The normalized spacial score (nSPS) is 11.0. The lowest BCUT2D eigenvalue weighted by Crippen LogP contribution is -2.40. The van der Waals surface area contributed by atoms with Crippen molar-refractivity contribution in [3.8, 4) is 11.5 Å². The Bertz CT molecular complexity index is 1000. The molecule has 33 heavy (non-hydrogen) atoms. The molecule has 1 aromatic heterocycles. The Morgan fingerprint density at radius 1 is 0.939 bits per heavy atom. The number of methoxy groups -OCH3 is 1. The molecule has 0 aliphatic carbocycles. The largest absolute Gasteiger partial charge is 0.497 e. The highest BCUT2D eigenvalue weighted by molar-refractivity contribution is 14.0. The third-order valence-corrected chi connectivity index (χ3v) is 5.11. The second-order valence-electron chi connectivity index (χ2n) is 7.50. The van der Waals surface area contributed by atoms with Gasteiger partial charge in [-0.3, -0.25) is 0 Å². The number of halogens is 1. The van der Waals surface area contributed by atoms with E-state index in [-0.39, 0.29) is 24.0 Å². The average Bonchev–Trinajstić information content (AvgIpc) is 3.13. The molecule has 0 saturated carbocycles. The number of aliphatic imine (C=N–C) groups is 1. The minimum atomic E-state index is 0. The maximum absolute atomic E-state index is 5.81. The summed E-state index contributed by atoms with van der Waals surface area (Å²) in [6.45, 7) is 6.33. The van der Waals surface area contributed by atoms with Gasteiger partial charge in [-0.05, 0) is 50.1 Å². The first-order valence-electron chi connectivity index (χ1n) is 10.7. The third-order valence-electron chi connectivity index (χ3n) is 5.11. The molecule has 3 rings (SSSR count). The van der Waals surface area contributed by atoms with E-state index >= 15 is 0 Å². The third kappa shape index (κ3) is 8.56. The molecule has 0 bridgehead atoms. The van der Waals surface area contributed by atoms with E-state index in [0.29, 0.717) is 25.7 Å². The number of guanidine groups is 1. The van der Waals surface area contributed by atoms with E-state index in [2.05, 4.69) is 44.9 Å². The molecular weight excluding hydrogens is 531 g/mol. The maximum Gasteiger partial charge on any atom is 0.191 e. The Hall–Kier alpha value is -2.82. The number of nitrogens with one attached hydrogen (secondary N) is 2. The number of ether oxygens (including phenoxy) is 2. The van der Waals surface area contributed by atoms with E-state index in [1.807, 2.05) is 54.9 Å². The van der Waals surface area contributed by atoms with Crippen LogP contribution < -0.4 is 20.1 Å². The summed E-state index contributed by atoms with van der Waals surface area (Å²) in [7, 11) is 3.62. The summed E-state index contributed by atoms with van der Waals surface area (Å²) in [5.41, 5.74) is 2.44. The molecule has 0 aliphatic heterocycles. The number of hydrogen-bond acceptors (Lipinski definition) is 5. The maximum atomic E-state index is 5.81. The Morgan fingerprint density at radius 3 is 2.24 bits per heavy atom. The minimum absolute atomic E-state index is 0. The van der Waals surface area contributed by atoms with Gasteiger partial charge in [-0.15, -0.1) is 34.2 Å². The zero-order valence-electron chi connectivity index (χ0n) is 19.7. The van der Waals surface area contributed by atoms with Crippen LogP contribution in [-0.2, 0) is 20.0 Å². The number of aromatic nitrogens is 3. The second-order valence-corrected chi connectivity index (χ2v) is 7.50. The van der Waals surface area contributed by atoms with Crippen LogP contribution in [0.4, 0.5) is 0 Å². The van der Waals surface area contributed by atoms with E-state index in [1.165, 1.54) is 11.1 Å². The monoisotopic (exact) mass is 564 g/mol. The topological polar surface area (TPSA) is 85.6 Å². The van der Waals surface area contributed by atoms with Gasteiger partial charge in [-0.25, -0.2) is 4.99 Å². The smallest absolute Gasteiger partial charge is 0.191 e. The lowest BCUT2D eigenvalue weighted by Gasteiger charge is -2.13. The van der Waals surface area contributed by atoms with Crippen molar-refractivity contribution in [1.29, 1.82) is 0 Å². The van der Waals surface area contributed by atoms with Gasteiger partial charge in [0.2, 0.25) is 0 Å². The van der Waals surface area contributed by atoms with Crippen molar-refractivity contribution in [3.63, 3.8) is 0 Å². The van der Waals surface area contributed by atoms with Gasteiger partial charge < -0.3 is 24.7 Å². The molecule has 0 amide bonds. The molecule has 2 aromatic carbocycles. The predicted octanol–water partition coefficient (Wildman–Crippen LogP) is 3.42. The lowest BCUT2D eigenvalue weighted by molar-refractivity contribution is 0.322. The molecule has 0 saturated heterocycles. The van der Waals surface area contributed by atoms with E-state index in [4.69, 9.17) is 9.47 Å². The van der Waals surface area contributed by atoms with Crippen LogP contribution in [0.1, 0.15) is 22.8 Å². The Balaban J connectivity index is 0.00000385. The molecule has 0 unspecified atom stereocenters. The summed E-state index contributed by atoms with van der Waals surface area (Å²) in [4.78, 5) is 4.68. The molecule has 0 spiro atoms. The zero-order chi connectivity index (χ0) is 22.8. The van der Waals surface area contributed by atoms with Gasteiger partial charge in [0.25, 0.3) is 0 Å². The van der Waals surface area contributed by atoms with Gasteiger partial charge in [0.1, 0.15) is 30.5 Å². The molecule has 0 radical (unpaired) electrons. The molecule has 178 valence electrons. The van der Waals surface area contributed by atoms with E-state index in [1.54, 1.807) is 7.11 Å². The van der Waals surface area contributed by atoms with Crippen molar-refractivity contribution < 1.29 is 9.47 Å². The van der Waals surface area contributed by atoms with Crippen LogP contribution in [0.2, 0.25) is 0 Å². The molecule has 0 aliphatic rings. The molecule has 3 aromatic rings. The van der Waals surface area contributed by atoms with Crippen molar-refractivity contribution in [2.24, 2.45) is 12.0 Å². The van der Waals surface area contributed by atoms with Crippen LogP contribution in [-0.4, -0.2) is 47.5 Å². The fraction of sp³-hybridized carbons (Fsp3) is 0.375. The number of rotatable bonds is 10. The highest BCUT2D eigenvalue weighted by Crippen LogP contribution is 2.12. The second kappa shape index (κ2) is 13.7. The minimum Gasteiger partial charge on any atom is -0.497 e. The molecule has 1 heterocycles. The zero-order valence-corrected chi connectivity index (χ0v) is 22.0. The SMILES string of the molecule is COc1ccc(CCNC(=NCc2nnc(C)n2C)NCCOc2ccc(C)cc2)cc1.I. The van der Waals surface area contributed by atoms with Gasteiger partial charge in [-0.1, -0.05) is 29.8 Å². The van der Waals surface area contributed by atoms with Gasteiger partial charge in [0, 0.05) is 13.6 Å². The van der Waals surface area contributed by atoms with Crippen molar-refractivity contribution in [3.05, 3.63) is 71.3 Å². The Kier molecular flexibility index (Phi) is 10.9. The highest BCUT2D eigenvalue weighted by atomic mass is 127. The summed E-state index contributed by atoms with van der Waals surface area (Å²) in [5, 5.41) is 15.0. The summed E-state index contributed by atoms with van der Waals surface area (Å²) in [6.07, 6.45) is 0.869. The van der Waals surface area contributed by atoms with E-state index in [0.717, 1.165) is 36.1 Å². The van der Waals surface area contributed by atoms with Crippen molar-refractivity contribution in [2.75, 3.05) is 26.8 Å². The number of aryl methyl sites for hydroxylation is 2. The van der Waals surface area contributed by atoms with Gasteiger partial charge >= 0.3 is 0 Å². The van der Waals surface area contributed by atoms with Crippen molar-refractivity contribution >= 4 is 29.9 Å². The van der Waals surface area contributed by atoms with Crippen molar-refractivity contribution in [2.45, 2.75) is 26.8 Å². The Labute approximate surface area is 212 Å². The van der Waals surface area contributed by atoms with Crippen LogP contribution in [0.3, 0.4) is 0 Å². The fourth-order valence-corrected chi connectivity index (χ4v) is 3.00. The average molecular weight is 564 g/mol. The Morgan fingerprint density at radius 2 is 1.61 bits per heavy atom. The number of hydrogen-bond donors (Lipinski definition) is 2. The first kappa shape index (κ1) is 26.4. The molecule has 0 atom stereocenters. The number of nitrogens with zero attached hydrogens (tertiary/aromatic N) is 4. The van der Waals surface area contributed by atoms with Crippen LogP contribution in [0.15, 0.2) is 53.5 Å². The summed E-state index contributed by atoms with van der Waals surface area (Å²) in [5.74, 6) is 4.11. The predicted molar refractivity (Wildman–Crippen MR) is 142 cm³/mol. The van der Waals surface area contributed by atoms with Gasteiger partial charge in [0.15, 0.2) is 11.8 Å². The fourth-order valence-electron chi connectivity index (χ4n) is 3.00. The lowest BCUT2D eigenvalue weighted by atomic mass is 10.1. The molecule has 0 fully saturated rings. The summed E-state index contributed by atoms with van der Waals surface area (Å²) >= 11 is 0. The van der Waals surface area contributed by atoms with Gasteiger partial charge in [-0.2, -0.15) is 0 Å². The number of benzene rings is 2. The first-order chi connectivity index (χ1) is 15.5. The van der Waals surface area contributed by atoms with Crippen LogP contribution in [0.25, 0.3) is 0 Å². The quantitative estimate of drug-likeness (QED) is 0.170. The summed E-state index contributed by atoms with van der Waals surface area (Å²) < 4.78 is 13.0. The summed E-state index contributed by atoms with van der Waals surface area (Å²) in [6, 6.07) is 16.1. The van der Waals surface area contributed by atoms with E-state index in [9.17, 15) is 0 Å². The van der Waals surface area contributed by atoms with Crippen LogP contribution >= 0.6 is 24.0 Å². The van der Waals surface area contributed by atoms with Gasteiger partial charge in [0.05, 0.1) is 13.7 Å².